The van der Waals surface area contributed by atoms with Gasteiger partial charge in [0.15, 0.2) is 0 Å². The van der Waals surface area contributed by atoms with Crippen molar-refractivity contribution in [3.05, 3.63) is 23.8 Å². The Labute approximate surface area is 101 Å². The van der Waals surface area contributed by atoms with Crippen molar-refractivity contribution in [2.45, 2.75) is 12.8 Å². The summed E-state index contributed by atoms with van der Waals surface area (Å²) in [6.07, 6.45) is 0. The Kier molecular flexibility index (Phi) is 6.04. The van der Waals surface area contributed by atoms with E-state index in [4.69, 9.17) is 25.8 Å². The highest BCUT2D eigenvalue weighted by Crippen LogP contribution is 2.26. The van der Waals surface area contributed by atoms with Gasteiger partial charge in [0.1, 0.15) is 18.1 Å². The molecule has 0 aliphatic rings. The van der Waals surface area contributed by atoms with Crippen molar-refractivity contribution >= 4 is 11.6 Å². The Balaban J connectivity index is 2.60. The second kappa shape index (κ2) is 7.36. The molecule has 0 aromatic heterocycles. The number of methoxy groups -OCH3 is 1. The minimum absolute atomic E-state index is 0.425. The van der Waals surface area contributed by atoms with Gasteiger partial charge in [0.05, 0.1) is 19.6 Å². The van der Waals surface area contributed by atoms with Gasteiger partial charge in [0, 0.05) is 18.2 Å². The van der Waals surface area contributed by atoms with Crippen LogP contribution in [0.1, 0.15) is 12.5 Å². The molecule has 16 heavy (non-hydrogen) atoms. The largest absolute Gasteiger partial charge is 0.497 e. The number of halogens is 1. The van der Waals surface area contributed by atoms with Crippen molar-refractivity contribution < 1.29 is 14.2 Å². The Bertz CT molecular complexity index is 315. The molecular weight excluding hydrogens is 228 g/mol. The van der Waals surface area contributed by atoms with Gasteiger partial charge in [-0.15, -0.1) is 11.6 Å². The molecule has 0 atom stereocenters. The fraction of sp³-hybridized carbons (Fsp3) is 0.500. The van der Waals surface area contributed by atoms with Crippen molar-refractivity contribution in [1.82, 2.24) is 0 Å². The van der Waals surface area contributed by atoms with Crippen LogP contribution in [0, 0.1) is 0 Å². The molecule has 0 unspecified atom stereocenters. The first kappa shape index (κ1) is 13.1. The lowest BCUT2D eigenvalue weighted by Crippen LogP contribution is -2.07. The fourth-order valence-electron chi connectivity index (χ4n) is 1.26. The summed E-state index contributed by atoms with van der Waals surface area (Å²) in [5, 5.41) is 0. The van der Waals surface area contributed by atoms with E-state index in [0.29, 0.717) is 25.7 Å². The van der Waals surface area contributed by atoms with E-state index in [1.54, 1.807) is 7.11 Å². The molecule has 0 heterocycles. The number of hydrogen-bond acceptors (Lipinski definition) is 3. The van der Waals surface area contributed by atoms with E-state index in [2.05, 4.69) is 0 Å². The lowest BCUT2D eigenvalue weighted by atomic mass is 10.2. The summed E-state index contributed by atoms with van der Waals surface area (Å²) in [7, 11) is 1.62. The molecule has 3 nitrogen and oxygen atoms in total. The first-order valence-corrected chi connectivity index (χ1v) is 5.78. The second-order valence-electron chi connectivity index (χ2n) is 3.15. The Morgan fingerprint density at radius 2 is 2.06 bits per heavy atom. The first-order valence-electron chi connectivity index (χ1n) is 5.25. The van der Waals surface area contributed by atoms with Crippen LogP contribution in [0.3, 0.4) is 0 Å². The van der Waals surface area contributed by atoms with Gasteiger partial charge in [-0.3, -0.25) is 0 Å². The van der Waals surface area contributed by atoms with E-state index < -0.39 is 0 Å². The van der Waals surface area contributed by atoms with Crippen molar-refractivity contribution in [1.29, 1.82) is 0 Å². The van der Waals surface area contributed by atoms with E-state index >= 15 is 0 Å². The fourth-order valence-corrected chi connectivity index (χ4v) is 1.48. The molecular formula is C12H17ClO3. The minimum Gasteiger partial charge on any atom is -0.497 e. The molecule has 1 rings (SSSR count). The molecule has 4 heteroatoms. The summed E-state index contributed by atoms with van der Waals surface area (Å²) in [6.45, 7) is 3.75. The zero-order valence-electron chi connectivity index (χ0n) is 9.66. The van der Waals surface area contributed by atoms with E-state index in [0.717, 1.165) is 17.1 Å². The predicted octanol–water partition coefficient (Wildman–Crippen LogP) is 2.85. The molecule has 0 saturated heterocycles. The van der Waals surface area contributed by atoms with Gasteiger partial charge < -0.3 is 14.2 Å². The summed E-state index contributed by atoms with van der Waals surface area (Å²) in [6, 6.07) is 5.61. The number of hydrogen-bond donors (Lipinski definition) is 0. The van der Waals surface area contributed by atoms with Gasteiger partial charge in [-0.1, -0.05) is 6.07 Å². The standard InChI is InChI=1S/C12H17ClO3/c1-3-15-6-7-16-12-8-11(14-2)5-4-10(12)9-13/h4-5,8H,3,6-7,9H2,1-2H3. The zero-order chi connectivity index (χ0) is 11.8. The van der Waals surface area contributed by atoms with Gasteiger partial charge in [-0.25, -0.2) is 0 Å². The van der Waals surface area contributed by atoms with Crippen LogP contribution in [-0.2, 0) is 10.6 Å². The number of benzene rings is 1. The van der Waals surface area contributed by atoms with Gasteiger partial charge in [-0.05, 0) is 13.0 Å². The van der Waals surface area contributed by atoms with Crippen LogP contribution in [0.4, 0.5) is 0 Å². The molecule has 0 N–H and O–H groups in total. The molecule has 0 aliphatic heterocycles. The minimum atomic E-state index is 0.425. The highest BCUT2D eigenvalue weighted by Gasteiger charge is 2.04. The summed E-state index contributed by atoms with van der Waals surface area (Å²) in [4.78, 5) is 0. The van der Waals surface area contributed by atoms with Crippen LogP contribution in [-0.4, -0.2) is 26.9 Å². The van der Waals surface area contributed by atoms with Gasteiger partial charge in [0.2, 0.25) is 0 Å². The molecule has 0 amide bonds. The molecule has 1 aromatic carbocycles. The molecule has 90 valence electrons. The number of alkyl halides is 1. The van der Waals surface area contributed by atoms with Crippen LogP contribution in [0.2, 0.25) is 0 Å². The van der Waals surface area contributed by atoms with Crippen LogP contribution in [0.25, 0.3) is 0 Å². The maximum absolute atomic E-state index is 5.82. The summed E-state index contributed by atoms with van der Waals surface area (Å²) < 4.78 is 15.9. The number of rotatable bonds is 7. The molecule has 0 bridgehead atoms. The van der Waals surface area contributed by atoms with Crippen molar-refractivity contribution in [2.75, 3.05) is 26.9 Å². The summed E-state index contributed by atoms with van der Waals surface area (Å²) in [5.74, 6) is 1.95. The van der Waals surface area contributed by atoms with Crippen LogP contribution in [0.5, 0.6) is 11.5 Å². The first-order chi connectivity index (χ1) is 7.81. The monoisotopic (exact) mass is 244 g/mol. The smallest absolute Gasteiger partial charge is 0.127 e. The maximum Gasteiger partial charge on any atom is 0.127 e. The second-order valence-corrected chi connectivity index (χ2v) is 3.42. The predicted molar refractivity (Wildman–Crippen MR) is 64.5 cm³/mol. The van der Waals surface area contributed by atoms with E-state index in [-0.39, 0.29) is 0 Å². The van der Waals surface area contributed by atoms with Gasteiger partial charge >= 0.3 is 0 Å². The average Bonchev–Trinajstić information content (AvgIpc) is 2.34. The van der Waals surface area contributed by atoms with Crippen molar-refractivity contribution in [3.8, 4) is 11.5 Å². The lowest BCUT2D eigenvalue weighted by molar-refractivity contribution is 0.110. The topological polar surface area (TPSA) is 27.7 Å². The highest BCUT2D eigenvalue weighted by atomic mass is 35.5. The van der Waals surface area contributed by atoms with Crippen molar-refractivity contribution in [2.24, 2.45) is 0 Å². The van der Waals surface area contributed by atoms with Crippen LogP contribution in [0.15, 0.2) is 18.2 Å². The zero-order valence-corrected chi connectivity index (χ0v) is 10.4. The van der Waals surface area contributed by atoms with Gasteiger partial charge in [0.25, 0.3) is 0 Å². The molecule has 0 saturated carbocycles. The molecule has 0 aliphatic carbocycles. The third-order valence-electron chi connectivity index (χ3n) is 2.11. The molecule has 0 fully saturated rings. The quantitative estimate of drug-likeness (QED) is 0.545. The highest BCUT2D eigenvalue weighted by molar-refractivity contribution is 6.17. The van der Waals surface area contributed by atoms with Crippen LogP contribution >= 0.6 is 11.6 Å². The molecule has 0 radical (unpaired) electrons. The average molecular weight is 245 g/mol. The Hall–Kier alpha value is -0.930. The Morgan fingerprint density at radius 1 is 1.25 bits per heavy atom. The maximum atomic E-state index is 5.82. The van der Waals surface area contributed by atoms with Crippen LogP contribution < -0.4 is 9.47 Å². The summed E-state index contributed by atoms with van der Waals surface area (Å²) in [5.41, 5.74) is 0.957. The van der Waals surface area contributed by atoms with Gasteiger partial charge in [-0.2, -0.15) is 0 Å². The third kappa shape index (κ3) is 3.91. The SMILES string of the molecule is CCOCCOc1cc(OC)ccc1CCl. The number of ether oxygens (including phenoxy) is 3. The molecule has 1 aromatic rings. The van der Waals surface area contributed by atoms with E-state index in [9.17, 15) is 0 Å². The van der Waals surface area contributed by atoms with E-state index in [1.165, 1.54) is 0 Å². The lowest BCUT2D eigenvalue weighted by Gasteiger charge is -2.11. The van der Waals surface area contributed by atoms with E-state index in [1.807, 2.05) is 25.1 Å². The normalized spacial score (nSPS) is 10.2. The Morgan fingerprint density at radius 3 is 2.69 bits per heavy atom. The molecule has 0 spiro atoms. The van der Waals surface area contributed by atoms with Crippen molar-refractivity contribution in [3.63, 3.8) is 0 Å². The summed E-state index contributed by atoms with van der Waals surface area (Å²) >= 11 is 5.82. The third-order valence-corrected chi connectivity index (χ3v) is 2.40.